The van der Waals surface area contributed by atoms with E-state index in [0.717, 1.165) is 10.5 Å². The molecular weight excluding hydrogens is 376 g/mol. The summed E-state index contributed by atoms with van der Waals surface area (Å²) in [5.41, 5.74) is 3.92. The summed E-state index contributed by atoms with van der Waals surface area (Å²) >= 11 is 0. The van der Waals surface area contributed by atoms with Gasteiger partial charge in [-0.05, 0) is 33.3 Å². The topological polar surface area (TPSA) is 108 Å². The molecule has 1 aliphatic rings. The number of nitrogens with zero attached hydrogens (tertiary/aromatic N) is 1. The molecule has 1 unspecified atom stereocenters. The fourth-order valence-corrected chi connectivity index (χ4v) is 3.29. The second-order valence-electron chi connectivity index (χ2n) is 8.21. The summed E-state index contributed by atoms with van der Waals surface area (Å²) in [6.45, 7) is 6.86. The van der Waals surface area contributed by atoms with Crippen LogP contribution in [0.2, 0.25) is 0 Å². The number of hydrogen-bond donors (Lipinski definition) is 1. The minimum absolute atomic E-state index is 0.0293. The first-order valence-electron chi connectivity index (χ1n) is 9.55. The molecule has 1 fully saturated rings. The molecule has 0 aromatic heterocycles. The van der Waals surface area contributed by atoms with Crippen LogP contribution in [0.1, 0.15) is 39.7 Å². The first-order chi connectivity index (χ1) is 13.5. The van der Waals surface area contributed by atoms with Crippen LogP contribution >= 0.6 is 0 Å². The van der Waals surface area contributed by atoms with Crippen LogP contribution in [0.3, 0.4) is 0 Å². The molecule has 0 spiro atoms. The Morgan fingerprint density at radius 3 is 2.34 bits per heavy atom. The Morgan fingerprint density at radius 1 is 1.21 bits per heavy atom. The lowest BCUT2D eigenvalue weighted by molar-refractivity contribution is -0.182. The molecular formula is C21H30N2O6. The van der Waals surface area contributed by atoms with Gasteiger partial charge in [-0.2, -0.15) is 0 Å². The average molecular weight is 406 g/mol. The fraction of sp³-hybridized carbons (Fsp3) is 0.571. The summed E-state index contributed by atoms with van der Waals surface area (Å²) in [7, 11) is 1.17. The SMILES string of the molecule is COC(=O)[C@]1(C(=O)OC(C)(C)C)CC(OCc2ccccc2)CN1C(=O)[C@H](C)N. The Balaban J connectivity index is 2.36. The number of carbonyl (C=O) groups excluding carboxylic acids is 3. The number of carbonyl (C=O) groups is 3. The number of ether oxygens (including phenoxy) is 3. The molecule has 29 heavy (non-hydrogen) atoms. The van der Waals surface area contributed by atoms with Gasteiger partial charge in [0.2, 0.25) is 11.4 Å². The van der Waals surface area contributed by atoms with E-state index in [4.69, 9.17) is 19.9 Å². The minimum atomic E-state index is -1.94. The number of methoxy groups -OCH3 is 1. The Labute approximate surface area is 171 Å². The summed E-state index contributed by atoms with van der Waals surface area (Å²) in [5.74, 6) is -2.27. The quantitative estimate of drug-likeness (QED) is 0.562. The van der Waals surface area contributed by atoms with E-state index in [1.165, 1.54) is 14.0 Å². The van der Waals surface area contributed by atoms with Gasteiger partial charge in [-0.15, -0.1) is 0 Å². The zero-order chi connectivity index (χ0) is 21.8. The van der Waals surface area contributed by atoms with Crippen LogP contribution in [0.5, 0.6) is 0 Å². The van der Waals surface area contributed by atoms with Crippen LogP contribution in [-0.4, -0.2) is 59.7 Å². The summed E-state index contributed by atoms with van der Waals surface area (Å²) in [4.78, 5) is 39.9. The Bertz CT molecular complexity index is 743. The zero-order valence-electron chi connectivity index (χ0n) is 17.6. The summed E-state index contributed by atoms with van der Waals surface area (Å²) in [5, 5.41) is 0. The number of nitrogens with two attached hydrogens (primary N) is 1. The smallest absolute Gasteiger partial charge is 0.344 e. The highest BCUT2D eigenvalue weighted by atomic mass is 16.6. The number of hydrogen-bond acceptors (Lipinski definition) is 7. The van der Waals surface area contributed by atoms with E-state index < -0.39 is 41.1 Å². The maximum atomic E-state index is 13.1. The fourth-order valence-electron chi connectivity index (χ4n) is 3.29. The van der Waals surface area contributed by atoms with Crippen molar-refractivity contribution in [2.24, 2.45) is 5.73 Å². The van der Waals surface area contributed by atoms with Gasteiger partial charge in [0.1, 0.15) is 5.60 Å². The predicted octanol–water partition coefficient (Wildman–Crippen LogP) is 1.40. The molecule has 0 bridgehead atoms. The molecule has 1 amide bonds. The van der Waals surface area contributed by atoms with Crippen molar-refractivity contribution in [1.29, 1.82) is 0 Å². The zero-order valence-corrected chi connectivity index (χ0v) is 17.6. The third-order valence-electron chi connectivity index (χ3n) is 4.61. The van der Waals surface area contributed by atoms with E-state index in [9.17, 15) is 14.4 Å². The van der Waals surface area contributed by atoms with Crippen LogP contribution in [-0.2, 0) is 35.2 Å². The number of likely N-dealkylation sites (tertiary alicyclic amines) is 1. The summed E-state index contributed by atoms with van der Waals surface area (Å²) in [6.07, 6.45) is -0.635. The van der Waals surface area contributed by atoms with Gasteiger partial charge in [0.05, 0.1) is 25.9 Å². The molecule has 160 valence electrons. The predicted molar refractivity (Wildman–Crippen MR) is 106 cm³/mol. The molecule has 1 saturated heterocycles. The van der Waals surface area contributed by atoms with Gasteiger partial charge in [-0.3, -0.25) is 4.79 Å². The van der Waals surface area contributed by atoms with Gasteiger partial charge in [-0.25, -0.2) is 9.59 Å². The molecule has 1 aromatic carbocycles. The van der Waals surface area contributed by atoms with Gasteiger partial charge in [0.15, 0.2) is 0 Å². The van der Waals surface area contributed by atoms with Crippen molar-refractivity contribution < 1.29 is 28.6 Å². The standard InChI is InChI=1S/C21H30N2O6/c1-14(22)17(24)23-12-16(28-13-15-9-7-6-8-10-15)11-21(23,18(25)27-5)19(26)29-20(2,3)4/h6-10,14,16H,11-13,22H2,1-5H3/t14-,16?,21-/m0/s1. The van der Waals surface area contributed by atoms with Crippen LogP contribution in [0.15, 0.2) is 30.3 Å². The van der Waals surface area contributed by atoms with E-state index in [-0.39, 0.29) is 19.6 Å². The molecule has 2 N–H and O–H groups in total. The lowest BCUT2D eigenvalue weighted by Gasteiger charge is -2.36. The van der Waals surface area contributed by atoms with Crippen molar-refractivity contribution >= 4 is 17.8 Å². The van der Waals surface area contributed by atoms with Crippen molar-refractivity contribution in [1.82, 2.24) is 4.90 Å². The molecule has 8 heteroatoms. The van der Waals surface area contributed by atoms with Gasteiger partial charge in [0, 0.05) is 13.0 Å². The first kappa shape index (κ1) is 22.8. The third kappa shape index (κ3) is 5.13. The maximum absolute atomic E-state index is 13.1. The maximum Gasteiger partial charge on any atom is 0.344 e. The highest BCUT2D eigenvalue weighted by Crippen LogP contribution is 2.36. The molecule has 0 saturated carbocycles. The Kier molecular flexibility index (Phi) is 7.02. The van der Waals surface area contributed by atoms with Crippen LogP contribution in [0.25, 0.3) is 0 Å². The van der Waals surface area contributed by atoms with Crippen LogP contribution < -0.4 is 5.73 Å². The van der Waals surface area contributed by atoms with E-state index in [0.29, 0.717) is 0 Å². The number of benzene rings is 1. The molecule has 1 aromatic rings. The highest BCUT2D eigenvalue weighted by Gasteiger charge is 2.62. The number of rotatable bonds is 6. The first-order valence-corrected chi connectivity index (χ1v) is 9.55. The van der Waals surface area contributed by atoms with Crippen molar-refractivity contribution in [3.05, 3.63) is 35.9 Å². The molecule has 1 heterocycles. The van der Waals surface area contributed by atoms with Crippen molar-refractivity contribution in [2.75, 3.05) is 13.7 Å². The lowest BCUT2D eigenvalue weighted by atomic mass is 9.94. The van der Waals surface area contributed by atoms with Crippen molar-refractivity contribution in [2.45, 2.75) is 64.0 Å². The van der Waals surface area contributed by atoms with Crippen molar-refractivity contribution in [3.8, 4) is 0 Å². The second kappa shape index (κ2) is 8.92. The van der Waals surface area contributed by atoms with E-state index in [2.05, 4.69) is 0 Å². The molecule has 8 nitrogen and oxygen atoms in total. The second-order valence-corrected chi connectivity index (χ2v) is 8.21. The summed E-state index contributed by atoms with van der Waals surface area (Å²) in [6, 6.07) is 8.57. The van der Waals surface area contributed by atoms with Gasteiger partial charge in [-0.1, -0.05) is 30.3 Å². The minimum Gasteiger partial charge on any atom is -0.467 e. The lowest BCUT2D eigenvalue weighted by Crippen LogP contribution is -2.62. The van der Waals surface area contributed by atoms with E-state index >= 15 is 0 Å². The molecule has 1 aliphatic heterocycles. The van der Waals surface area contributed by atoms with Crippen molar-refractivity contribution in [3.63, 3.8) is 0 Å². The average Bonchev–Trinajstić information content (AvgIpc) is 3.05. The van der Waals surface area contributed by atoms with Gasteiger partial charge < -0.3 is 24.8 Å². The highest BCUT2D eigenvalue weighted by molar-refractivity contribution is 6.09. The van der Waals surface area contributed by atoms with E-state index in [1.54, 1.807) is 20.8 Å². The van der Waals surface area contributed by atoms with E-state index in [1.807, 2.05) is 30.3 Å². The number of esters is 2. The largest absolute Gasteiger partial charge is 0.467 e. The van der Waals surface area contributed by atoms with Gasteiger partial charge >= 0.3 is 11.9 Å². The van der Waals surface area contributed by atoms with Crippen LogP contribution in [0.4, 0.5) is 0 Å². The Morgan fingerprint density at radius 2 is 1.83 bits per heavy atom. The summed E-state index contributed by atoms with van der Waals surface area (Å²) < 4.78 is 16.3. The Hall–Kier alpha value is -2.45. The van der Waals surface area contributed by atoms with Crippen LogP contribution in [0, 0.1) is 0 Å². The monoisotopic (exact) mass is 406 g/mol. The molecule has 2 rings (SSSR count). The number of amides is 1. The third-order valence-corrected chi connectivity index (χ3v) is 4.61. The molecule has 0 radical (unpaired) electrons. The normalized spacial score (nSPS) is 22.8. The molecule has 3 atom stereocenters. The van der Waals surface area contributed by atoms with Gasteiger partial charge in [0.25, 0.3) is 0 Å². The molecule has 0 aliphatic carbocycles.